The Bertz CT molecular complexity index is 365. The lowest BCUT2D eigenvalue weighted by atomic mass is 9.98. The second kappa shape index (κ2) is 3.53. The highest BCUT2D eigenvalue weighted by molar-refractivity contribution is 5.39. The van der Waals surface area contributed by atoms with E-state index in [1.54, 1.807) is 0 Å². The van der Waals surface area contributed by atoms with Crippen molar-refractivity contribution in [2.45, 2.75) is 44.6 Å². The van der Waals surface area contributed by atoms with Gasteiger partial charge in [-0.05, 0) is 36.0 Å². The molecular formula is C13H18O2. The van der Waals surface area contributed by atoms with E-state index in [-0.39, 0.29) is 0 Å². The van der Waals surface area contributed by atoms with Gasteiger partial charge >= 0.3 is 0 Å². The molecule has 0 unspecified atom stereocenters. The molecule has 2 heteroatoms. The fourth-order valence-electron chi connectivity index (χ4n) is 1.77. The standard InChI is InChI=1S/C13H18O2/c1-9(2)10-3-4-11(12(14)7-10)8-13(15)5-6-13/h3-4,7,9,14-15H,5-6,8H2,1-2H3. The smallest absolute Gasteiger partial charge is 0.119 e. The van der Waals surface area contributed by atoms with Gasteiger partial charge in [-0.2, -0.15) is 0 Å². The Kier molecular flexibility index (Phi) is 2.47. The molecular weight excluding hydrogens is 188 g/mol. The molecule has 2 N–H and O–H groups in total. The van der Waals surface area contributed by atoms with E-state index in [0.717, 1.165) is 24.0 Å². The Morgan fingerprint density at radius 2 is 2.00 bits per heavy atom. The SMILES string of the molecule is CC(C)c1ccc(CC2(O)CC2)c(O)c1. The van der Waals surface area contributed by atoms with Crippen molar-refractivity contribution in [2.24, 2.45) is 0 Å². The summed E-state index contributed by atoms with van der Waals surface area (Å²) in [6.07, 6.45) is 2.30. The van der Waals surface area contributed by atoms with Gasteiger partial charge in [-0.1, -0.05) is 26.0 Å². The van der Waals surface area contributed by atoms with Crippen molar-refractivity contribution in [3.05, 3.63) is 29.3 Å². The molecule has 0 aromatic heterocycles. The number of hydrogen-bond acceptors (Lipinski definition) is 2. The molecule has 1 aromatic rings. The van der Waals surface area contributed by atoms with Crippen molar-refractivity contribution in [1.29, 1.82) is 0 Å². The first-order valence-electron chi connectivity index (χ1n) is 5.54. The third-order valence-corrected chi connectivity index (χ3v) is 3.12. The van der Waals surface area contributed by atoms with Gasteiger partial charge in [0.15, 0.2) is 0 Å². The van der Waals surface area contributed by atoms with Crippen LogP contribution in [0.4, 0.5) is 0 Å². The van der Waals surface area contributed by atoms with Gasteiger partial charge in [0.1, 0.15) is 5.75 Å². The largest absolute Gasteiger partial charge is 0.508 e. The number of benzene rings is 1. The summed E-state index contributed by atoms with van der Waals surface area (Å²) in [7, 11) is 0. The van der Waals surface area contributed by atoms with E-state index >= 15 is 0 Å². The maximum Gasteiger partial charge on any atom is 0.119 e. The minimum Gasteiger partial charge on any atom is -0.508 e. The average molecular weight is 206 g/mol. The van der Waals surface area contributed by atoms with Crippen LogP contribution >= 0.6 is 0 Å². The predicted molar refractivity (Wildman–Crippen MR) is 60.1 cm³/mol. The quantitative estimate of drug-likeness (QED) is 0.798. The number of hydrogen-bond donors (Lipinski definition) is 2. The van der Waals surface area contributed by atoms with Gasteiger partial charge in [0.2, 0.25) is 0 Å². The van der Waals surface area contributed by atoms with Gasteiger partial charge in [-0.25, -0.2) is 0 Å². The maximum atomic E-state index is 9.82. The van der Waals surface area contributed by atoms with Crippen LogP contribution in [0.1, 0.15) is 43.7 Å². The molecule has 0 heterocycles. The molecule has 1 saturated carbocycles. The minimum atomic E-state index is -0.531. The molecule has 1 aliphatic carbocycles. The van der Waals surface area contributed by atoms with Crippen molar-refractivity contribution < 1.29 is 10.2 Å². The zero-order valence-corrected chi connectivity index (χ0v) is 9.33. The highest BCUT2D eigenvalue weighted by Gasteiger charge is 2.40. The van der Waals surface area contributed by atoms with Gasteiger partial charge < -0.3 is 10.2 Å². The molecule has 1 fully saturated rings. The van der Waals surface area contributed by atoms with E-state index < -0.39 is 5.60 Å². The molecule has 0 radical (unpaired) electrons. The molecule has 2 nitrogen and oxygen atoms in total. The zero-order valence-electron chi connectivity index (χ0n) is 9.33. The zero-order chi connectivity index (χ0) is 11.1. The molecule has 0 saturated heterocycles. The summed E-state index contributed by atoms with van der Waals surface area (Å²) in [5.41, 5.74) is 1.47. The van der Waals surface area contributed by atoms with Gasteiger partial charge in [0.05, 0.1) is 5.60 Å². The second-order valence-corrected chi connectivity index (χ2v) is 4.94. The molecule has 0 amide bonds. The Balaban J connectivity index is 2.19. The molecule has 1 aromatic carbocycles. The lowest BCUT2D eigenvalue weighted by Crippen LogP contribution is -2.10. The van der Waals surface area contributed by atoms with Crippen LogP contribution in [0.3, 0.4) is 0 Å². The van der Waals surface area contributed by atoms with Crippen LogP contribution in [-0.2, 0) is 6.42 Å². The molecule has 0 spiro atoms. The fourth-order valence-corrected chi connectivity index (χ4v) is 1.77. The van der Waals surface area contributed by atoms with E-state index in [2.05, 4.69) is 13.8 Å². The van der Waals surface area contributed by atoms with Crippen molar-refractivity contribution in [3.8, 4) is 5.75 Å². The van der Waals surface area contributed by atoms with Crippen molar-refractivity contribution in [2.75, 3.05) is 0 Å². The van der Waals surface area contributed by atoms with E-state index in [1.165, 1.54) is 0 Å². The maximum absolute atomic E-state index is 9.82. The van der Waals surface area contributed by atoms with Crippen LogP contribution in [0.2, 0.25) is 0 Å². The van der Waals surface area contributed by atoms with Crippen molar-refractivity contribution >= 4 is 0 Å². The normalized spacial score (nSPS) is 18.1. The van der Waals surface area contributed by atoms with E-state index in [0.29, 0.717) is 18.1 Å². The molecule has 1 aliphatic rings. The lowest BCUT2D eigenvalue weighted by Gasteiger charge is -2.12. The number of rotatable bonds is 3. The first-order chi connectivity index (χ1) is 7.00. The summed E-state index contributed by atoms with van der Waals surface area (Å²) in [6, 6.07) is 5.78. The lowest BCUT2D eigenvalue weighted by molar-refractivity contribution is 0.150. The molecule has 0 atom stereocenters. The summed E-state index contributed by atoms with van der Waals surface area (Å²) in [4.78, 5) is 0. The first-order valence-corrected chi connectivity index (χ1v) is 5.54. The van der Waals surface area contributed by atoms with Gasteiger partial charge in [-0.3, -0.25) is 0 Å². The third kappa shape index (κ3) is 2.32. The molecule has 15 heavy (non-hydrogen) atoms. The van der Waals surface area contributed by atoms with Gasteiger partial charge in [0.25, 0.3) is 0 Å². The Morgan fingerprint density at radius 1 is 1.33 bits per heavy atom. The highest BCUT2D eigenvalue weighted by Crippen LogP contribution is 2.40. The van der Waals surface area contributed by atoms with Crippen LogP contribution in [0.5, 0.6) is 5.75 Å². The monoisotopic (exact) mass is 206 g/mol. The molecule has 2 rings (SSSR count). The van der Waals surface area contributed by atoms with Crippen molar-refractivity contribution in [3.63, 3.8) is 0 Å². The molecule has 0 bridgehead atoms. The van der Waals surface area contributed by atoms with Crippen LogP contribution in [0.25, 0.3) is 0 Å². The van der Waals surface area contributed by atoms with Crippen LogP contribution in [0.15, 0.2) is 18.2 Å². The molecule has 0 aliphatic heterocycles. The van der Waals surface area contributed by atoms with Crippen LogP contribution in [0, 0.1) is 0 Å². The van der Waals surface area contributed by atoms with Crippen LogP contribution in [-0.4, -0.2) is 15.8 Å². The number of aliphatic hydroxyl groups is 1. The number of phenols is 1. The Morgan fingerprint density at radius 3 is 2.47 bits per heavy atom. The van der Waals surface area contributed by atoms with E-state index in [4.69, 9.17) is 0 Å². The number of aromatic hydroxyl groups is 1. The highest BCUT2D eigenvalue weighted by atomic mass is 16.3. The predicted octanol–water partition coefficient (Wildman–Crippen LogP) is 2.58. The Labute approximate surface area is 90.6 Å². The summed E-state index contributed by atoms with van der Waals surface area (Å²) in [6.45, 7) is 4.20. The molecule has 82 valence electrons. The first kappa shape index (κ1) is 10.5. The van der Waals surface area contributed by atoms with Gasteiger partial charge in [0, 0.05) is 6.42 Å². The topological polar surface area (TPSA) is 40.5 Å². The third-order valence-electron chi connectivity index (χ3n) is 3.12. The minimum absolute atomic E-state index is 0.321. The summed E-state index contributed by atoms with van der Waals surface area (Å²) in [5, 5.41) is 19.6. The van der Waals surface area contributed by atoms with E-state index in [1.807, 2.05) is 18.2 Å². The Hall–Kier alpha value is -1.02. The second-order valence-electron chi connectivity index (χ2n) is 4.94. The summed E-state index contributed by atoms with van der Waals surface area (Å²) >= 11 is 0. The fraction of sp³-hybridized carbons (Fsp3) is 0.538. The van der Waals surface area contributed by atoms with Gasteiger partial charge in [-0.15, -0.1) is 0 Å². The average Bonchev–Trinajstić information content (AvgIpc) is 2.87. The van der Waals surface area contributed by atoms with Crippen molar-refractivity contribution in [1.82, 2.24) is 0 Å². The number of phenolic OH excluding ortho intramolecular Hbond substituents is 1. The summed E-state index contributed by atoms with van der Waals surface area (Å²) < 4.78 is 0. The summed E-state index contributed by atoms with van der Waals surface area (Å²) in [5.74, 6) is 0.746. The van der Waals surface area contributed by atoms with E-state index in [9.17, 15) is 10.2 Å². The van der Waals surface area contributed by atoms with Crippen LogP contribution < -0.4 is 0 Å².